The lowest BCUT2D eigenvalue weighted by atomic mass is 9.89. The van der Waals surface area contributed by atoms with Gasteiger partial charge in [0.1, 0.15) is 0 Å². The van der Waals surface area contributed by atoms with Crippen molar-refractivity contribution in [2.75, 3.05) is 13.2 Å². The van der Waals surface area contributed by atoms with Gasteiger partial charge in [-0.3, -0.25) is 4.79 Å². The number of piperidine rings is 1. The van der Waals surface area contributed by atoms with Crippen molar-refractivity contribution < 1.29 is 9.90 Å². The minimum absolute atomic E-state index is 0.0942. The highest BCUT2D eigenvalue weighted by Crippen LogP contribution is 2.27. The van der Waals surface area contributed by atoms with Gasteiger partial charge < -0.3 is 10.0 Å². The van der Waals surface area contributed by atoms with Crippen molar-refractivity contribution in [3.63, 3.8) is 0 Å². The minimum Gasteiger partial charge on any atom is -0.394 e. The second kappa shape index (κ2) is 7.13. The molecule has 3 nitrogen and oxygen atoms in total. The molecule has 18 heavy (non-hydrogen) atoms. The van der Waals surface area contributed by atoms with Crippen LogP contribution in [0.25, 0.3) is 0 Å². The monoisotopic (exact) mass is 253 g/mol. The standard InChI is InChI=1S/C15H27NO2/c17-12-14-10-6-7-11-16(14)15(18)13-8-4-2-1-3-5-9-13/h13-14,17H,1-12H2. The molecule has 0 aromatic rings. The van der Waals surface area contributed by atoms with Crippen LogP contribution < -0.4 is 0 Å². The Hall–Kier alpha value is -0.570. The first-order chi connectivity index (χ1) is 8.83. The van der Waals surface area contributed by atoms with Gasteiger partial charge in [0.2, 0.25) is 5.91 Å². The van der Waals surface area contributed by atoms with Crippen molar-refractivity contribution in [1.29, 1.82) is 0 Å². The molecular weight excluding hydrogens is 226 g/mol. The summed E-state index contributed by atoms with van der Waals surface area (Å²) in [7, 11) is 0. The van der Waals surface area contributed by atoms with Gasteiger partial charge in [0.15, 0.2) is 0 Å². The normalized spacial score (nSPS) is 27.6. The Kier molecular flexibility index (Phi) is 5.48. The van der Waals surface area contributed by atoms with E-state index >= 15 is 0 Å². The number of hydrogen-bond acceptors (Lipinski definition) is 2. The smallest absolute Gasteiger partial charge is 0.226 e. The summed E-state index contributed by atoms with van der Waals surface area (Å²) in [5, 5.41) is 9.42. The van der Waals surface area contributed by atoms with Crippen molar-refractivity contribution in [2.24, 2.45) is 5.92 Å². The zero-order valence-electron chi connectivity index (χ0n) is 11.4. The Bertz CT molecular complexity index is 259. The lowest BCUT2D eigenvalue weighted by Gasteiger charge is -2.37. The Morgan fingerprint density at radius 3 is 2.22 bits per heavy atom. The van der Waals surface area contributed by atoms with Crippen LogP contribution in [0.2, 0.25) is 0 Å². The summed E-state index contributed by atoms with van der Waals surface area (Å²) >= 11 is 0. The molecule has 0 bridgehead atoms. The molecule has 2 rings (SSSR count). The first-order valence-electron chi connectivity index (χ1n) is 7.74. The molecule has 2 fully saturated rings. The molecule has 1 saturated carbocycles. The van der Waals surface area contributed by atoms with Gasteiger partial charge in [-0.15, -0.1) is 0 Å². The number of likely N-dealkylation sites (tertiary alicyclic amines) is 1. The van der Waals surface area contributed by atoms with Gasteiger partial charge in [-0.1, -0.05) is 32.1 Å². The average Bonchev–Trinajstić information content (AvgIpc) is 2.37. The molecule has 1 saturated heterocycles. The molecule has 1 unspecified atom stereocenters. The molecule has 0 aromatic heterocycles. The summed E-state index contributed by atoms with van der Waals surface area (Å²) in [6.45, 7) is 0.999. The molecule has 1 aliphatic carbocycles. The van der Waals surface area contributed by atoms with Crippen molar-refractivity contribution in [1.82, 2.24) is 4.90 Å². The van der Waals surface area contributed by atoms with E-state index in [-0.39, 0.29) is 18.6 Å². The van der Waals surface area contributed by atoms with Gasteiger partial charge in [-0.2, -0.15) is 0 Å². The third kappa shape index (κ3) is 3.47. The minimum atomic E-state index is 0.0942. The number of hydrogen-bond donors (Lipinski definition) is 1. The van der Waals surface area contributed by atoms with E-state index in [1.165, 1.54) is 32.1 Å². The van der Waals surface area contributed by atoms with Crippen LogP contribution in [0.5, 0.6) is 0 Å². The topological polar surface area (TPSA) is 40.5 Å². The molecule has 104 valence electrons. The van der Waals surface area contributed by atoms with Crippen LogP contribution >= 0.6 is 0 Å². The van der Waals surface area contributed by atoms with Gasteiger partial charge in [-0.05, 0) is 32.1 Å². The van der Waals surface area contributed by atoms with E-state index in [2.05, 4.69) is 0 Å². The summed E-state index contributed by atoms with van der Waals surface area (Å²) in [6, 6.07) is 0.0942. The molecule has 1 N–H and O–H groups in total. The van der Waals surface area contributed by atoms with E-state index in [9.17, 15) is 9.90 Å². The third-order valence-electron chi connectivity index (χ3n) is 4.58. The highest BCUT2D eigenvalue weighted by molar-refractivity contribution is 5.79. The van der Waals surface area contributed by atoms with Gasteiger partial charge in [-0.25, -0.2) is 0 Å². The lowest BCUT2D eigenvalue weighted by Crippen LogP contribution is -2.48. The molecule has 0 spiro atoms. The van der Waals surface area contributed by atoms with Crippen LogP contribution in [0.15, 0.2) is 0 Å². The van der Waals surface area contributed by atoms with Gasteiger partial charge in [0.05, 0.1) is 12.6 Å². The Labute approximate surface area is 111 Å². The Morgan fingerprint density at radius 1 is 0.944 bits per heavy atom. The summed E-state index contributed by atoms with van der Waals surface area (Å²) < 4.78 is 0. The van der Waals surface area contributed by atoms with Crippen molar-refractivity contribution in [3.05, 3.63) is 0 Å². The molecule has 1 atom stereocenters. The lowest BCUT2D eigenvalue weighted by molar-refractivity contribution is -0.141. The summed E-state index contributed by atoms with van der Waals surface area (Å²) in [6.07, 6.45) is 11.7. The molecule has 3 heteroatoms. The van der Waals surface area contributed by atoms with Crippen LogP contribution in [0.4, 0.5) is 0 Å². The zero-order valence-corrected chi connectivity index (χ0v) is 11.4. The van der Waals surface area contributed by atoms with E-state index in [0.717, 1.165) is 38.6 Å². The Balaban J connectivity index is 1.94. The second-order valence-electron chi connectivity index (χ2n) is 5.91. The fraction of sp³-hybridized carbons (Fsp3) is 0.933. The maximum Gasteiger partial charge on any atom is 0.226 e. The maximum absolute atomic E-state index is 12.6. The van der Waals surface area contributed by atoms with Crippen LogP contribution in [0, 0.1) is 5.92 Å². The predicted octanol–water partition coefficient (Wildman–Crippen LogP) is 2.72. The third-order valence-corrected chi connectivity index (χ3v) is 4.58. The number of carbonyl (C=O) groups excluding carboxylic acids is 1. The molecule has 1 heterocycles. The number of nitrogens with zero attached hydrogens (tertiary/aromatic N) is 1. The summed E-state index contributed by atoms with van der Waals surface area (Å²) in [5.74, 6) is 0.563. The number of carbonyl (C=O) groups is 1. The van der Waals surface area contributed by atoms with E-state index in [1.807, 2.05) is 4.90 Å². The van der Waals surface area contributed by atoms with Crippen molar-refractivity contribution in [3.8, 4) is 0 Å². The van der Waals surface area contributed by atoms with E-state index in [4.69, 9.17) is 0 Å². The number of amides is 1. The SMILES string of the molecule is O=C(C1CCCCCCC1)N1CCCCC1CO. The molecule has 1 aliphatic heterocycles. The highest BCUT2D eigenvalue weighted by atomic mass is 16.3. The largest absolute Gasteiger partial charge is 0.394 e. The van der Waals surface area contributed by atoms with Crippen LogP contribution in [0.3, 0.4) is 0 Å². The van der Waals surface area contributed by atoms with E-state index < -0.39 is 0 Å². The second-order valence-corrected chi connectivity index (χ2v) is 5.91. The van der Waals surface area contributed by atoms with Gasteiger partial charge >= 0.3 is 0 Å². The van der Waals surface area contributed by atoms with Crippen molar-refractivity contribution >= 4 is 5.91 Å². The predicted molar refractivity (Wildman–Crippen MR) is 72.2 cm³/mol. The molecule has 0 aromatic carbocycles. The van der Waals surface area contributed by atoms with Crippen LogP contribution in [-0.2, 0) is 4.79 Å². The Morgan fingerprint density at radius 2 is 1.56 bits per heavy atom. The van der Waals surface area contributed by atoms with Crippen LogP contribution in [0.1, 0.15) is 64.2 Å². The first-order valence-corrected chi connectivity index (χ1v) is 7.74. The van der Waals surface area contributed by atoms with E-state index in [0.29, 0.717) is 5.91 Å². The number of aliphatic hydroxyl groups is 1. The number of rotatable bonds is 2. The number of aliphatic hydroxyl groups excluding tert-OH is 1. The molecule has 0 radical (unpaired) electrons. The fourth-order valence-electron chi connectivity index (χ4n) is 3.42. The highest BCUT2D eigenvalue weighted by Gasteiger charge is 2.30. The van der Waals surface area contributed by atoms with Crippen molar-refractivity contribution in [2.45, 2.75) is 70.3 Å². The van der Waals surface area contributed by atoms with Crippen LogP contribution in [-0.4, -0.2) is 35.1 Å². The molecule has 2 aliphatic rings. The van der Waals surface area contributed by atoms with E-state index in [1.54, 1.807) is 0 Å². The van der Waals surface area contributed by atoms with Gasteiger partial charge in [0.25, 0.3) is 0 Å². The first kappa shape index (κ1) is 13.9. The quantitative estimate of drug-likeness (QED) is 0.822. The summed E-state index contributed by atoms with van der Waals surface area (Å²) in [4.78, 5) is 14.6. The average molecular weight is 253 g/mol. The fourth-order valence-corrected chi connectivity index (χ4v) is 3.42. The maximum atomic E-state index is 12.6. The molecular formula is C15H27NO2. The zero-order chi connectivity index (χ0) is 12.8. The summed E-state index contributed by atoms with van der Waals surface area (Å²) in [5.41, 5.74) is 0. The molecule has 1 amide bonds. The van der Waals surface area contributed by atoms with Gasteiger partial charge in [0, 0.05) is 12.5 Å².